The van der Waals surface area contributed by atoms with Crippen LogP contribution >= 0.6 is 0 Å². The molecule has 0 aliphatic rings. The van der Waals surface area contributed by atoms with E-state index in [4.69, 9.17) is 4.74 Å². The fourth-order valence-corrected chi connectivity index (χ4v) is 1.52. The van der Waals surface area contributed by atoms with E-state index in [1.54, 1.807) is 12.1 Å². The van der Waals surface area contributed by atoms with Crippen LogP contribution in [0.2, 0.25) is 0 Å². The summed E-state index contributed by atoms with van der Waals surface area (Å²) >= 11 is 0. The molecule has 0 atom stereocenters. The lowest BCUT2D eigenvalue weighted by Crippen LogP contribution is -2.09. The summed E-state index contributed by atoms with van der Waals surface area (Å²) in [6, 6.07) is 3.47. The molecule has 1 aromatic heterocycles. The first-order valence-corrected chi connectivity index (χ1v) is 6.66. The molecule has 0 aliphatic carbocycles. The van der Waals surface area contributed by atoms with Crippen LogP contribution < -0.4 is 4.74 Å². The van der Waals surface area contributed by atoms with E-state index in [0.717, 1.165) is 5.56 Å². The Hall–Kier alpha value is -1.91. The lowest BCUT2D eigenvalue weighted by Gasteiger charge is -2.09. The molecule has 1 heterocycles. The third-order valence-corrected chi connectivity index (χ3v) is 2.53. The van der Waals surface area contributed by atoms with Crippen LogP contribution in [0.4, 0.5) is 0 Å². The van der Waals surface area contributed by atoms with Gasteiger partial charge < -0.3 is 14.3 Å². The third kappa shape index (κ3) is 6.31. The van der Waals surface area contributed by atoms with E-state index in [2.05, 4.69) is 9.72 Å². The summed E-state index contributed by atoms with van der Waals surface area (Å²) in [5, 5.41) is 0. The molecule has 0 N–H and O–H groups in total. The van der Waals surface area contributed by atoms with E-state index in [-0.39, 0.29) is 18.2 Å². The molecule has 0 unspecified atom stereocenters. The van der Waals surface area contributed by atoms with Gasteiger partial charge in [-0.3, -0.25) is 4.79 Å². The monoisotopic (exact) mass is 281 g/mol. The molecule has 5 heteroatoms. The van der Waals surface area contributed by atoms with Crippen LogP contribution in [-0.4, -0.2) is 31.0 Å². The number of hydrogen-bond donors (Lipinski definition) is 0. The molecule has 0 amide bonds. The van der Waals surface area contributed by atoms with Crippen LogP contribution in [0.25, 0.3) is 0 Å². The molecule has 0 saturated heterocycles. The predicted octanol–water partition coefficient (Wildman–Crippen LogP) is 2.35. The summed E-state index contributed by atoms with van der Waals surface area (Å²) in [4.78, 5) is 26.6. The van der Waals surface area contributed by atoms with E-state index in [0.29, 0.717) is 24.4 Å². The van der Waals surface area contributed by atoms with Gasteiger partial charge in [-0.15, -0.1) is 0 Å². The van der Waals surface area contributed by atoms with Crippen molar-refractivity contribution >= 4 is 11.8 Å². The summed E-state index contributed by atoms with van der Waals surface area (Å²) < 4.78 is 9.66. The van der Waals surface area contributed by atoms with Gasteiger partial charge in [-0.1, -0.05) is 19.9 Å². The SMILES string of the molecule is CC.COC(=O)Cc1ccc(OC)nc1CCC(C)=O. The number of hydrogen-bond acceptors (Lipinski definition) is 5. The number of aryl methyl sites for hydroxylation is 1. The highest BCUT2D eigenvalue weighted by molar-refractivity contribution is 5.76. The number of carbonyl (C=O) groups is 2. The summed E-state index contributed by atoms with van der Waals surface area (Å²) in [5.74, 6) is 0.233. The van der Waals surface area contributed by atoms with E-state index in [9.17, 15) is 9.59 Å². The minimum Gasteiger partial charge on any atom is -0.481 e. The highest BCUT2D eigenvalue weighted by Gasteiger charge is 2.11. The average molecular weight is 281 g/mol. The Bertz CT molecular complexity index is 443. The maximum atomic E-state index is 11.3. The minimum atomic E-state index is -0.328. The minimum absolute atomic E-state index is 0.0867. The van der Waals surface area contributed by atoms with E-state index in [1.807, 2.05) is 13.8 Å². The second-order valence-electron chi connectivity index (χ2n) is 3.91. The van der Waals surface area contributed by atoms with Gasteiger partial charge in [0.1, 0.15) is 5.78 Å². The zero-order valence-corrected chi connectivity index (χ0v) is 12.9. The number of Topliss-reactive ketones (excluding diaryl/α,β-unsaturated/α-hetero) is 1. The number of ketones is 1. The van der Waals surface area contributed by atoms with Crippen LogP contribution in [0, 0.1) is 0 Å². The standard InChI is InChI=1S/C13H17NO4.C2H6/c1-9(15)4-6-11-10(8-13(16)18-3)5-7-12(14-11)17-2;1-2/h5,7H,4,6,8H2,1-3H3;1-2H3. The van der Waals surface area contributed by atoms with Crippen molar-refractivity contribution in [2.75, 3.05) is 14.2 Å². The zero-order chi connectivity index (χ0) is 15.5. The number of aromatic nitrogens is 1. The van der Waals surface area contributed by atoms with Crippen LogP contribution in [0.3, 0.4) is 0 Å². The lowest BCUT2D eigenvalue weighted by atomic mass is 10.1. The van der Waals surface area contributed by atoms with Gasteiger partial charge >= 0.3 is 5.97 Å². The largest absolute Gasteiger partial charge is 0.481 e. The van der Waals surface area contributed by atoms with Gasteiger partial charge in [0.25, 0.3) is 0 Å². The molecule has 0 aromatic carbocycles. The number of methoxy groups -OCH3 is 2. The molecule has 0 saturated carbocycles. The van der Waals surface area contributed by atoms with Crippen molar-refractivity contribution in [1.29, 1.82) is 0 Å². The molecule has 0 aliphatic heterocycles. The molecular formula is C15H23NO4. The number of carbonyl (C=O) groups excluding carboxylic acids is 2. The molecule has 112 valence electrons. The number of pyridine rings is 1. The van der Waals surface area contributed by atoms with Crippen LogP contribution in [0.1, 0.15) is 38.4 Å². The van der Waals surface area contributed by atoms with Gasteiger partial charge in [0.15, 0.2) is 0 Å². The molecule has 20 heavy (non-hydrogen) atoms. The molecule has 5 nitrogen and oxygen atoms in total. The fourth-order valence-electron chi connectivity index (χ4n) is 1.52. The highest BCUT2D eigenvalue weighted by Crippen LogP contribution is 2.16. The number of nitrogens with zero attached hydrogens (tertiary/aromatic N) is 1. The molecule has 0 fully saturated rings. The van der Waals surface area contributed by atoms with E-state index in [1.165, 1.54) is 21.1 Å². The normalized spacial score (nSPS) is 9.25. The molecule has 0 spiro atoms. The third-order valence-electron chi connectivity index (χ3n) is 2.53. The van der Waals surface area contributed by atoms with Gasteiger partial charge in [-0.05, 0) is 18.9 Å². The summed E-state index contributed by atoms with van der Waals surface area (Å²) in [7, 11) is 2.87. The first-order chi connectivity index (χ1) is 9.56. The first-order valence-electron chi connectivity index (χ1n) is 6.66. The van der Waals surface area contributed by atoms with Crippen molar-refractivity contribution < 1.29 is 19.1 Å². The summed E-state index contributed by atoms with van der Waals surface area (Å²) in [6.45, 7) is 5.53. The maximum absolute atomic E-state index is 11.3. The Balaban J connectivity index is 0.00000172. The highest BCUT2D eigenvalue weighted by atomic mass is 16.5. The van der Waals surface area contributed by atoms with Gasteiger partial charge in [-0.2, -0.15) is 0 Å². The van der Waals surface area contributed by atoms with Crippen LogP contribution in [0.15, 0.2) is 12.1 Å². The Morgan fingerprint density at radius 1 is 1.20 bits per heavy atom. The van der Waals surface area contributed by atoms with Crippen molar-refractivity contribution in [1.82, 2.24) is 4.98 Å². The second kappa shape index (κ2) is 9.95. The van der Waals surface area contributed by atoms with Crippen molar-refractivity contribution in [2.45, 2.75) is 40.0 Å². The average Bonchev–Trinajstić information content (AvgIpc) is 2.47. The number of esters is 1. The molecular weight excluding hydrogens is 258 g/mol. The Labute approximate surface area is 120 Å². The van der Waals surface area contributed by atoms with Gasteiger partial charge in [0, 0.05) is 18.2 Å². The van der Waals surface area contributed by atoms with Crippen LogP contribution in [-0.2, 0) is 27.2 Å². The number of rotatable bonds is 6. The molecule has 0 bridgehead atoms. The lowest BCUT2D eigenvalue weighted by molar-refractivity contribution is -0.139. The molecule has 1 rings (SSSR count). The van der Waals surface area contributed by atoms with E-state index < -0.39 is 0 Å². The Morgan fingerprint density at radius 3 is 2.35 bits per heavy atom. The Morgan fingerprint density at radius 2 is 1.85 bits per heavy atom. The van der Waals surface area contributed by atoms with Crippen LogP contribution in [0.5, 0.6) is 5.88 Å². The van der Waals surface area contributed by atoms with Gasteiger partial charge in [0.2, 0.25) is 5.88 Å². The van der Waals surface area contributed by atoms with Crippen molar-refractivity contribution in [3.05, 3.63) is 23.4 Å². The van der Waals surface area contributed by atoms with Gasteiger partial charge in [0.05, 0.1) is 20.6 Å². The smallest absolute Gasteiger partial charge is 0.310 e. The number of ether oxygens (including phenoxy) is 2. The van der Waals surface area contributed by atoms with Crippen molar-refractivity contribution in [3.63, 3.8) is 0 Å². The maximum Gasteiger partial charge on any atom is 0.310 e. The zero-order valence-electron chi connectivity index (χ0n) is 12.9. The fraction of sp³-hybridized carbons (Fsp3) is 0.533. The van der Waals surface area contributed by atoms with E-state index >= 15 is 0 Å². The summed E-state index contributed by atoms with van der Waals surface area (Å²) in [6.07, 6.45) is 1.05. The quantitative estimate of drug-likeness (QED) is 0.749. The second-order valence-corrected chi connectivity index (χ2v) is 3.91. The summed E-state index contributed by atoms with van der Waals surface area (Å²) in [5.41, 5.74) is 1.47. The molecule has 1 aromatic rings. The molecule has 0 radical (unpaired) electrons. The van der Waals surface area contributed by atoms with Gasteiger partial charge in [-0.25, -0.2) is 4.98 Å². The topological polar surface area (TPSA) is 65.5 Å². The Kier molecular flexibility index (Phi) is 9.00. The van der Waals surface area contributed by atoms with Crippen molar-refractivity contribution in [3.8, 4) is 5.88 Å². The van der Waals surface area contributed by atoms with Crippen molar-refractivity contribution in [2.24, 2.45) is 0 Å². The first kappa shape index (κ1) is 18.1. The predicted molar refractivity (Wildman–Crippen MR) is 76.9 cm³/mol.